The number of hydrogen-bond donors (Lipinski definition) is 3. The highest BCUT2D eigenvalue weighted by Crippen LogP contribution is 2.17. The van der Waals surface area contributed by atoms with Gasteiger partial charge in [-0.1, -0.05) is 24.3 Å². The van der Waals surface area contributed by atoms with E-state index in [1.807, 2.05) is 12.1 Å². The van der Waals surface area contributed by atoms with Crippen LogP contribution in [0.15, 0.2) is 48.5 Å². The third-order valence-electron chi connectivity index (χ3n) is 3.97. The Balaban J connectivity index is 1.80. The molecule has 3 N–H and O–H groups in total. The Kier molecular flexibility index (Phi) is 6.18. The molecule has 2 aromatic carbocycles. The van der Waals surface area contributed by atoms with E-state index in [2.05, 4.69) is 12.2 Å². The number of carbonyl (C=O) groups is 1. The van der Waals surface area contributed by atoms with Crippen molar-refractivity contribution in [3.8, 4) is 11.5 Å². The van der Waals surface area contributed by atoms with Crippen molar-refractivity contribution in [2.24, 2.45) is 0 Å². The SMILES string of the molecule is CC(CCc1ccc(O)cc1)NCC(C=O)c1ccc(O)cc1. The van der Waals surface area contributed by atoms with Crippen LogP contribution in [0, 0.1) is 0 Å². The van der Waals surface area contributed by atoms with Crippen molar-refractivity contribution in [2.75, 3.05) is 6.54 Å². The number of aromatic hydroxyl groups is 2. The summed E-state index contributed by atoms with van der Waals surface area (Å²) in [5.74, 6) is 0.267. The van der Waals surface area contributed by atoms with Crippen molar-refractivity contribution >= 4 is 6.29 Å². The Bertz CT molecular complexity index is 608. The number of hydrogen-bond acceptors (Lipinski definition) is 4. The molecule has 0 saturated carbocycles. The lowest BCUT2D eigenvalue weighted by molar-refractivity contribution is -0.109. The van der Waals surface area contributed by atoms with Crippen LogP contribution in [0.5, 0.6) is 11.5 Å². The van der Waals surface area contributed by atoms with Crippen LogP contribution in [-0.2, 0) is 11.2 Å². The first-order valence-electron chi connectivity index (χ1n) is 7.84. The van der Waals surface area contributed by atoms with Crippen LogP contribution >= 0.6 is 0 Å². The van der Waals surface area contributed by atoms with E-state index >= 15 is 0 Å². The Labute approximate surface area is 136 Å². The fourth-order valence-electron chi connectivity index (χ4n) is 2.44. The molecule has 0 aliphatic heterocycles. The van der Waals surface area contributed by atoms with Gasteiger partial charge in [0.25, 0.3) is 0 Å². The molecule has 2 aromatic rings. The summed E-state index contributed by atoms with van der Waals surface area (Å²) in [5.41, 5.74) is 2.08. The van der Waals surface area contributed by atoms with Gasteiger partial charge in [-0.2, -0.15) is 0 Å². The number of carbonyl (C=O) groups excluding carboxylic acids is 1. The molecule has 2 unspecified atom stereocenters. The second-order valence-corrected chi connectivity index (χ2v) is 5.85. The Morgan fingerprint density at radius 1 is 1.00 bits per heavy atom. The predicted octanol–water partition coefficient (Wildman–Crippen LogP) is 2.99. The minimum absolute atomic E-state index is 0.202. The zero-order valence-corrected chi connectivity index (χ0v) is 13.3. The zero-order chi connectivity index (χ0) is 16.7. The molecule has 0 aromatic heterocycles. The van der Waals surface area contributed by atoms with Crippen molar-refractivity contribution in [3.63, 3.8) is 0 Å². The first-order valence-corrected chi connectivity index (χ1v) is 7.84. The topological polar surface area (TPSA) is 69.6 Å². The molecule has 0 radical (unpaired) electrons. The zero-order valence-electron chi connectivity index (χ0n) is 13.3. The van der Waals surface area contributed by atoms with Gasteiger partial charge in [0, 0.05) is 12.6 Å². The van der Waals surface area contributed by atoms with E-state index < -0.39 is 0 Å². The standard InChI is InChI=1S/C19H23NO3/c1-14(2-3-15-4-8-18(22)9-5-15)20-12-17(13-21)16-6-10-19(23)11-7-16/h4-11,13-14,17,20,22-23H,2-3,12H2,1H3. The minimum Gasteiger partial charge on any atom is -0.508 e. The number of benzene rings is 2. The van der Waals surface area contributed by atoms with Gasteiger partial charge in [-0.05, 0) is 55.2 Å². The van der Waals surface area contributed by atoms with Gasteiger partial charge in [0.15, 0.2) is 0 Å². The second-order valence-electron chi connectivity index (χ2n) is 5.85. The Hall–Kier alpha value is -2.33. The normalized spacial score (nSPS) is 13.4. The molecule has 0 heterocycles. The second kappa shape index (κ2) is 8.34. The third-order valence-corrected chi connectivity index (χ3v) is 3.97. The summed E-state index contributed by atoms with van der Waals surface area (Å²) in [6.07, 6.45) is 2.80. The molecule has 0 aliphatic rings. The van der Waals surface area contributed by atoms with Gasteiger partial charge in [0.2, 0.25) is 0 Å². The molecule has 0 spiro atoms. The number of rotatable bonds is 8. The van der Waals surface area contributed by atoms with Crippen LogP contribution < -0.4 is 5.32 Å². The molecule has 0 fully saturated rings. The fraction of sp³-hybridized carbons (Fsp3) is 0.316. The van der Waals surface area contributed by atoms with Crippen LogP contribution in [0.1, 0.15) is 30.4 Å². The molecular weight excluding hydrogens is 290 g/mol. The van der Waals surface area contributed by atoms with Gasteiger partial charge in [-0.15, -0.1) is 0 Å². The third kappa shape index (κ3) is 5.42. The van der Waals surface area contributed by atoms with Gasteiger partial charge in [0.1, 0.15) is 17.8 Å². The largest absolute Gasteiger partial charge is 0.508 e. The Morgan fingerprint density at radius 2 is 1.57 bits per heavy atom. The first-order chi connectivity index (χ1) is 11.1. The van der Waals surface area contributed by atoms with Crippen LogP contribution in [0.4, 0.5) is 0 Å². The fourth-order valence-corrected chi connectivity index (χ4v) is 2.44. The summed E-state index contributed by atoms with van der Waals surface area (Å²) in [6.45, 7) is 2.67. The highest BCUT2D eigenvalue weighted by atomic mass is 16.3. The summed E-state index contributed by atoms with van der Waals surface area (Å²) in [7, 11) is 0. The predicted molar refractivity (Wildman–Crippen MR) is 90.8 cm³/mol. The van der Waals surface area contributed by atoms with E-state index in [0.29, 0.717) is 6.54 Å². The molecule has 2 atom stereocenters. The van der Waals surface area contributed by atoms with Crippen molar-refractivity contribution in [1.29, 1.82) is 0 Å². The molecule has 2 rings (SSSR count). The Morgan fingerprint density at radius 3 is 2.13 bits per heavy atom. The number of phenols is 2. The van der Waals surface area contributed by atoms with Gasteiger partial charge >= 0.3 is 0 Å². The summed E-state index contributed by atoms with van der Waals surface area (Å²) in [5, 5.41) is 22.0. The smallest absolute Gasteiger partial charge is 0.128 e. The summed E-state index contributed by atoms with van der Waals surface area (Å²) in [6, 6.07) is 14.3. The van der Waals surface area contributed by atoms with Crippen molar-refractivity contribution in [1.82, 2.24) is 5.32 Å². The van der Waals surface area contributed by atoms with Gasteiger partial charge in [0.05, 0.1) is 5.92 Å². The van der Waals surface area contributed by atoms with Crippen LogP contribution in [0.25, 0.3) is 0 Å². The molecule has 122 valence electrons. The van der Waals surface area contributed by atoms with E-state index in [1.165, 1.54) is 5.56 Å². The van der Waals surface area contributed by atoms with Crippen molar-refractivity contribution in [2.45, 2.75) is 31.7 Å². The van der Waals surface area contributed by atoms with Crippen LogP contribution in [0.3, 0.4) is 0 Å². The molecule has 4 heteroatoms. The first kappa shape index (κ1) is 17.0. The van der Waals surface area contributed by atoms with Gasteiger partial charge in [-0.25, -0.2) is 0 Å². The maximum absolute atomic E-state index is 11.3. The molecule has 0 amide bonds. The average molecular weight is 313 g/mol. The molecule has 0 bridgehead atoms. The maximum Gasteiger partial charge on any atom is 0.128 e. The quantitative estimate of drug-likeness (QED) is 0.655. The molecule has 4 nitrogen and oxygen atoms in total. The molecule has 23 heavy (non-hydrogen) atoms. The molecule has 0 saturated heterocycles. The monoisotopic (exact) mass is 313 g/mol. The average Bonchev–Trinajstić information content (AvgIpc) is 2.56. The van der Waals surface area contributed by atoms with Crippen LogP contribution in [-0.4, -0.2) is 29.1 Å². The molecular formula is C19H23NO3. The van der Waals surface area contributed by atoms with E-state index in [1.54, 1.807) is 36.4 Å². The lowest BCUT2D eigenvalue weighted by atomic mass is 9.99. The maximum atomic E-state index is 11.3. The van der Waals surface area contributed by atoms with E-state index in [0.717, 1.165) is 24.7 Å². The number of aldehydes is 1. The highest BCUT2D eigenvalue weighted by Gasteiger charge is 2.12. The number of aryl methyl sites for hydroxylation is 1. The summed E-state index contributed by atoms with van der Waals surface area (Å²) in [4.78, 5) is 11.3. The minimum atomic E-state index is -0.216. The highest BCUT2D eigenvalue weighted by molar-refractivity contribution is 5.62. The van der Waals surface area contributed by atoms with Crippen molar-refractivity contribution in [3.05, 3.63) is 59.7 Å². The summed E-state index contributed by atoms with van der Waals surface area (Å²) < 4.78 is 0. The lowest BCUT2D eigenvalue weighted by Crippen LogP contribution is -2.31. The van der Waals surface area contributed by atoms with E-state index in [-0.39, 0.29) is 23.5 Å². The summed E-state index contributed by atoms with van der Waals surface area (Å²) >= 11 is 0. The number of nitrogens with one attached hydrogen (secondary N) is 1. The van der Waals surface area contributed by atoms with E-state index in [4.69, 9.17) is 0 Å². The van der Waals surface area contributed by atoms with E-state index in [9.17, 15) is 15.0 Å². The van der Waals surface area contributed by atoms with Crippen LogP contribution in [0.2, 0.25) is 0 Å². The van der Waals surface area contributed by atoms with Gasteiger partial charge in [-0.3, -0.25) is 0 Å². The lowest BCUT2D eigenvalue weighted by Gasteiger charge is -2.17. The van der Waals surface area contributed by atoms with Gasteiger partial charge < -0.3 is 20.3 Å². The number of phenolic OH excluding ortho intramolecular Hbond substituents is 2. The van der Waals surface area contributed by atoms with Crippen molar-refractivity contribution < 1.29 is 15.0 Å². The molecule has 0 aliphatic carbocycles.